The summed E-state index contributed by atoms with van der Waals surface area (Å²) in [5, 5.41) is 5.57. The second-order valence-electron chi connectivity index (χ2n) is 6.09. The maximum atomic E-state index is 12.2. The molecular formula is C19H18N2OS2. The van der Waals surface area contributed by atoms with E-state index >= 15 is 0 Å². The molecule has 1 aromatic carbocycles. The Balaban J connectivity index is 1.53. The molecule has 0 atom stereocenters. The summed E-state index contributed by atoms with van der Waals surface area (Å²) >= 11 is 2.97. The summed E-state index contributed by atoms with van der Waals surface area (Å²) in [4.78, 5) is 18.7. The highest BCUT2D eigenvalue weighted by molar-refractivity contribution is 7.15. The zero-order valence-corrected chi connectivity index (χ0v) is 15.1. The van der Waals surface area contributed by atoms with Crippen LogP contribution in [0.2, 0.25) is 0 Å². The van der Waals surface area contributed by atoms with Crippen molar-refractivity contribution in [3.8, 4) is 11.3 Å². The van der Waals surface area contributed by atoms with E-state index in [-0.39, 0.29) is 5.91 Å². The number of hydrogen-bond acceptors (Lipinski definition) is 4. The van der Waals surface area contributed by atoms with E-state index in [1.54, 1.807) is 0 Å². The molecule has 1 aliphatic carbocycles. The van der Waals surface area contributed by atoms with Crippen molar-refractivity contribution in [3.63, 3.8) is 0 Å². The number of aromatic nitrogens is 1. The van der Waals surface area contributed by atoms with E-state index in [1.165, 1.54) is 53.1 Å². The molecule has 0 saturated heterocycles. The number of amides is 1. The van der Waals surface area contributed by atoms with Crippen LogP contribution in [0.4, 0.5) is 5.13 Å². The van der Waals surface area contributed by atoms with E-state index in [4.69, 9.17) is 0 Å². The Bertz CT molecular complexity index is 894. The van der Waals surface area contributed by atoms with Crippen LogP contribution in [0.3, 0.4) is 0 Å². The number of carbonyl (C=O) groups is 1. The first kappa shape index (κ1) is 15.5. The fourth-order valence-corrected chi connectivity index (χ4v) is 4.55. The van der Waals surface area contributed by atoms with Crippen LogP contribution in [0.25, 0.3) is 11.3 Å². The summed E-state index contributed by atoms with van der Waals surface area (Å²) in [6, 6.07) is 10.5. The first-order valence-corrected chi connectivity index (χ1v) is 9.84. The number of thiazole rings is 1. The van der Waals surface area contributed by atoms with Crippen LogP contribution in [0.5, 0.6) is 0 Å². The van der Waals surface area contributed by atoms with Crippen LogP contribution in [0.15, 0.2) is 35.7 Å². The summed E-state index contributed by atoms with van der Waals surface area (Å²) in [6.07, 6.45) is 4.92. The number of nitrogens with one attached hydrogen (secondary N) is 1. The fraction of sp³-hybridized carbons (Fsp3) is 0.263. The third-order valence-electron chi connectivity index (χ3n) is 4.33. The Hall–Kier alpha value is -1.98. The Morgan fingerprint density at radius 3 is 2.75 bits per heavy atom. The van der Waals surface area contributed by atoms with Crippen LogP contribution in [-0.4, -0.2) is 10.9 Å². The molecule has 5 heteroatoms. The lowest BCUT2D eigenvalue weighted by Gasteiger charge is -2.16. The molecule has 1 N–H and O–H groups in total. The highest BCUT2D eigenvalue weighted by Crippen LogP contribution is 2.30. The van der Waals surface area contributed by atoms with Gasteiger partial charge in [-0.2, -0.15) is 0 Å². The van der Waals surface area contributed by atoms with Crippen molar-refractivity contribution in [2.75, 3.05) is 5.32 Å². The van der Waals surface area contributed by atoms with Crippen LogP contribution >= 0.6 is 22.7 Å². The van der Waals surface area contributed by atoms with Gasteiger partial charge >= 0.3 is 0 Å². The molecule has 2 heterocycles. The van der Waals surface area contributed by atoms with Crippen molar-refractivity contribution in [3.05, 3.63) is 56.6 Å². The van der Waals surface area contributed by atoms with Crippen molar-refractivity contribution in [2.24, 2.45) is 0 Å². The molecule has 3 nitrogen and oxygen atoms in total. The van der Waals surface area contributed by atoms with Crippen molar-refractivity contribution < 1.29 is 4.79 Å². The van der Waals surface area contributed by atoms with E-state index in [2.05, 4.69) is 28.5 Å². The van der Waals surface area contributed by atoms with Gasteiger partial charge in [-0.25, -0.2) is 4.98 Å². The smallest absolute Gasteiger partial charge is 0.267 e. The third-order valence-corrected chi connectivity index (χ3v) is 6.09. The maximum Gasteiger partial charge on any atom is 0.267 e. The van der Waals surface area contributed by atoms with Gasteiger partial charge in [0.05, 0.1) is 10.6 Å². The van der Waals surface area contributed by atoms with Gasteiger partial charge in [0.25, 0.3) is 5.91 Å². The number of nitrogens with zero attached hydrogens (tertiary/aromatic N) is 1. The van der Waals surface area contributed by atoms with Gasteiger partial charge in [0, 0.05) is 15.8 Å². The molecule has 24 heavy (non-hydrogen) atoms. The minimum absolute atomic E-state index is 0.0839. The first-order valence-electron chi connectivity index (χ1n) is 8.14. The largest absolute Gasteiger partial charge is 0.297 e. The zero-order valence-electron chi connectivity index (χ0n) is 13.5. The van der Waals surface area contributed by atoms with Gasteiger partial charge in [0.2, 0.25) is 0 Å². The Labute approximate surface area is 149 Å². The van der Waals surface area contributed by atoms with Crippen molar-refractivity contribution in [1.29, 1.82) is 0 Å². The number of fused-ring (bicyclic) bond motifs is 1. The summed E-state index contributed by atoms with van der Waals surface area (Å²) in [5.74, 6) is -0.0839. The van der Waals surface area contributed by atoms with Crippen LogP contribution in [-0.2, 0) is 12.8 Å². The third kappa shape index (κ3) is 3.14. The lowest BCUT2D eigenvalue weighted by molar-refractivity contribution is 0.103. The predicted molar refractivity (Wildman–Crippen MR) is 101 cm³/mol. The summed E-state index contributed by atoms with van der Waals surface area (Å²) < 4.78 is 0. The number of carbonyl (C=O) groups excluding carboxylic acids is 1. The lowest BCUT2D eigenvalue weighted by atomic mass is 9.90. The monoisotopic (exact) mass is 354 g/mol. The van der Waals surface area contributed by atoms with Crippen LogP contribution in [0.1, 0.15) is 38.5 Å². The summed E-state index contributed by atoms with van der Waals surface area (Å²) in [5.41, 5.74) is 5.00. The van der Waals surface area contributed by atoms with Crippen molar-refractivity contribution >= 4 is 33.7 Å². The number of benzene rings is 1. The van der Waals surface area contributed by atoms with E-state index in [0.29, 0.717) is 5.13 Å². The van der Waals surface area contributed by atoms with Gasteiger partial charge in [-0.05, 0) is 61.9 Å². The lowest BCUT2D eigenvalue weighted by Crippen LogP contribution is -2.09. The highest BCUT2D eigenvalue weighted by Gasteiger charge is 2.14. The Morgan fingerprint density at radius 2 is 1.96 bits per heavy atom. The van der Waals surface area contributed by atoms with E-state index in [0.717, 1.165) is 27.4 Å². The summed E-state index contributed by atoms with van der Waals surface area (Å²) in [6.45, 7) is 2.00. The number of hydrogen-bond donors (Lipinski definition) is 1. The second-order valence-corrected chi connectivity index (χ2v) is 8.24. The molecule has 0 unspecified atom stereocenters. The summed E-state index contributed by atoms with van der Waals surface area (Å²) in [7, 11) is 0. The molecule has 0 saturated carbocycles. The maximum absolute atomic E-state index is 12.2. The van der Waals surface area contributed by atoms with Gasteiger partial charge < -0.3 is 0 Å². The van der Waals surface area contributed by atoms with Gasteiger partial charge in [0.1, 0.15) is 0 Å². The van der Waals surface area contributed by atoms with Crippen molar-refractivity contribution in [1.82, 2.24) is 4.98 Å². The molecule has 0 aliphatic heterocycles. The molecule has 2 aromatic heterocycles. The number of thiophene rings is 1. The molecule has 3 aromatic rings. The second kappa shape index (κ2) is 6.49. The molecule has 0 radical (unpaired) electrons. The predicted octanol–water partition coefficient (Wildman–Crippen LogP) is 5.31. The molecule has 1 amide bonds. The van der Waals surface area contributed by atoms with E-state index < -0.39 is 0 Å². The Kier molecular flexibility index (Phi) is 4.21. The van der Waals surface area contributed by atoms with E-state index in [9.17, 15) is 4.79 Å². The average molecular weight is 355 g/mol. The standard InChI is InChI=1S/C19H18N2OS2/c1-12-6-9-17(24-12)18(22)21-19-20-16(11-23-19)15-8-7-13-4-2-3-5-14(13)10-15/h6-11H,2-5H2,1H3,(H,20,21,22). The SMILES string of the molecule is Cc1ccc(C(=O)Nc2nc(-c3ccc4c(c3)CCCC4)cs2)s1. The topological polar surface area (TPSA) is 42.0 Å². The molecule has 0 spiro atoms. The normalized spacial score (nSPS) is 13.5. The number of aryl methyl sites for hydroxylation is 3. The van der Waals surface area contributed by atoms with Crippen LogP contribution in [0, 0.1) is 6.92 Å². The quantitative estimate of drug-likeness (QED) is 0.692. The van der Waals surface area contributed by atoms with Gasteiger partial charge in [0.15, 0.2) is 5.13 Å². The van der Waals surface area contributed by atoms with Gasteiger partial charge in [-0.15, -0.1) is 22.7 Å². The minimum atomic E-state index is -0.0839. The molecule has 0 bridgehead atoms. The number of anilines is 1. The molecular weight excluding hydrogens is 336 g/mol. The van der Waals surface area contributed by atoms with Crippen LogP contribution < -0.4 is 5.32 Å². The first-order chi connectivity index (χ1) is 11.7. The van der Waals surface area contributed by atoms with Gasteiger partial charge in [-0.1, -0.05) is 12.1 Å². The Morgan fingerprint density at radius 1 is 1.12 bits per heavy atom. The number of rotatable bonds is 3. The molecule has 1 aliphatic rings. The highest BCUT2D eigenvalue weighted by atomic mass is 32.1. The molecule has 0 fully saturated rings. The van der Waals surface area contributed by atoms with Gasteiger partial charge in [-0.3, -0.25) is 10.1 Å². The molecule has 4 rings (SSSR count). The van der Waals surface area contributed by atoms with Crippen molar-refractivity contribution in [2.45, 2.75) is 32.6 Å². The molecule has 122 valence electrons. The zero-order chi connectivity index (χ0) is 16.5. The average Bonchev–Trinajstić information content (AvgIpc) is 3.23. The fourth-order valence-electron chi connectivity index (χ4n) is 3.07. The minimum Gasteiger partial charge on any atom is -0.297 e. The van der Waals surface area contributed by atoms with E-state index in [1.807, 2.05) is 24.4 Å².